The van der Waals surface area contributed by atoms with Crippen molar-refractivity contribution in [2.45, 2.75) is 6.92 Å². The van der Waals surface area contributed by atoms with E-state index in [1.54, 1.807) is 19.1 Å². The topological polar surface area (TPSA) is 55.1 Å². The molecule has 0 unspecified atom stereocenters. The first-order valence-electron chi connectivity index (χ1n) is 4.76. The molecule has 0 fully saturated rings. The van der Waals surface area contributed by atoms with Crippen LogP contribution >= 0.6 is 38.5 Å². The second kappa shape index (κ2) is 5.18. The highest BCUT2D eigenvalue weighted by Gasteiger charge is 2.12. The Morgan fingerprint density at radius 1 is 1.47 bits per heavy atom. The number of nitrogens with zero attached hydrogens (tertiary/aromatic N) is 1. The molecule has 0 spiro atoms. The molecule has 1 amide bonds. The molecular weight excluding hydrogens is 399 g/mol. The van der Waals surface area contributed by atoms with E-state index in [4.69, 9.17) is 4.52 Å². The molecule has 2 aromatic rings. The van der Waals surface area contributed by atoms with Gasteiger partial charge in [-0.3, -0.25) is 10.1 Å². The quantitative estimate of drug-likeness (QED) is 0.775. The Bertz CT molecular complexity index is 568. The fraction of sp³-hybridized carbons (Fsp3) is 0.0909. The van der Waals surface area contributed by atoms with Gasteiger partial charge in [-0.05, 0) is 63.6 Å². The van der Waals surface area contributed by atoms with Crippen LogP contribution in [0.4, 0.5) is 5.88 Å². The summed E-state index contributed by atoms with van der Waals surface area (Å²) in [5, 5.41) is 6.35. The Morgan fingerprint density at radius 3 is 2.88 bits per heavy atom. The van der Waals surface area contributed by atoms with E-state index in [0.29, 0.717) is 11.4 Å². The zero-order valence-corrected chi connectivity index (χ0v) is 12.6. The Balaban J connectivity index is 2.22. The average molecular weight is 407 g/mol. The summed E-state index contributed by atoms with van der Waals surface area (Å²) in [6.45, 7) is 1.79. The number of hydrogen-bond donors (Lipinski definition) is 1. The first-order chi connectivity index (χ1) is 8.06. The van der Waals surface area contributed by atoms with Gasteiger partial charge in [0.05, 0.1) is 11.3 Å². The minimum absolute atomic E-state index is 0.230. The van der Waals surface area contributed by atoms with Crippen LogP contribution in [0.1, 0.15) is 16.1 Å². The lowest BCUT2D eigenvalue weighted by molar-refractivity contribution is 0.102. The molecule has 0 aliphatic heterocycles. The van der Waals surface area contributed by atoms with E-state index >= 15 is 0 Å². The van der Waals surface area contributed by atoms with Crippen LogP contribution in [0.15, 0.2) is 33.3 Å². The summed E-state index contributed by atoms with van der Waals surface area (Å²) in [6.07, 6.45) is 0. The van der Waals surface area contributed by atoms with Crippen molar-refractivity contribution in [2.75, 3.05) is 5.32 Å². The van der Waals surface area contributed by atoms with Crippen molar-refractivity contribution in [3.63, 3.8) is 0 Å². The third-order valence-corrected chi connectivity index (χ3v) is 3.40. The Labute approximate surface area is 120 Å². The van der Waals surface area contributed by atoms with Gasteiger partial charge >= 0.3 is 0 Å². The van der Waals surface area contributed by atoms with E-state index in [1.165, 1.54) is 0 Å². The fourth-order valence-electron chi connectivity index (χ4n) is 1.27. The number of halogens is 2. The maximum atomic E-state index is 12.0. The SMILES string of the molecule is Cc1cc(NC(=O)c2cc(I)ccc2Br)on1. The minimum atomic E-state index is -0.230. The van der Waals surface area contributed by atoms with Crippen LogP contribution in [0.5, 0.6) is 0 Å². The highest BCUT2D eigenvalue weighted by atomic mass is 127. The van der Waals surface area contributed by atoms with Crippen LogP contribution in [0, 0.1) is 10.5 Å². The van der Waals surface area contributed by atoms with Gasteiger partial charge in [0.1, 0.15) is 0 Å². The number of amides is 1. The summed E-state index contributed by atoms with van der Waals surface area (Å²) >= 11 is 5.49. The second-order valence-electron chi connectivity index (χ2n) is 3.41. The molecule has 1 heterocycles. The monoisotopic (exact) mass is 406 g/mol. The van der Waals surface area contributed by atoms with Crippen LogP contribution in [-0.2, 0) is 0 Å². The molecule has 1 N–H and O–H groups in total. The van der Waals surface area contributed by atoms with Gasteiger partial charge in [0, 0.05) is 14.1 Å². The van der Waals surface area contributed by atoms with Crippen LogP contribution in [0.3, 0.4) is 0 Å². The van der Waals surface area contributed by atoms with Gasteiger partial charge in [0.15, 0.2) is 0 Å². The van der Waals surface area contributed by atoms with Gasteiger partial charge in [-0.15, -0.1) is 0 Å². The number of rotatable bonds is 2. The third kappa shape index (κ3) is 3.06. The molecule has 0 aliphatic carbocycles. The Morgan fingerprint density at radius 2 is 2.24 bits per heavy atom. The molecule has 0 saturated carbocycles. The minimum Gasteiger partial charge on any atom is -0.338 e. The summed E-state index contributed by atoms with van der Waals surface area (Å²) in [4.78, 5) is 12.0. The summed E-state index contributed by atoms with van der Waals surface area (Å²) in [6, 6.07) is 7.21. The van der Waals surface area contributed by atoms with E-state index in [0.717, 1.165) is 13.7 Å². The Kier molecular flexibility index (Phi) is 3.82. The molecule has 0 saturated heterocycles. The maximum Gasteiger partial charge on any atom is 0.259 e. The summed E-state index contributed by atoms with van der Waals surface area (Å²) in [7, 11) is 0. The van der Waals surface area contributed by atoms with Gasteiger partial charge < -0.3 is 4.52 Å². The van der Waals surface area contributed by atoms with E-state index in [-0.39, 0.29) is 5.91 Å². The molecule has 0 bridgehead atoms. The number of nitrogens with one attached hydrogen (secondary N) is 1. The van der Waals surface area contributed by atoms with Gasteiger partial charge in [0.2, 0.25) is 5.88 Å². The number of carbonyl (C=O) groups excluding carboxylic acids is 1. The predicted molar refractivity (Wildman–Crippen MR) is 76.1 cm³/mol. The van der Waals surface area contributed by atoms with Crippen LogP contribution < -0.4 is 5.32 Å². The number of aryl methyl sites for hydroxylation is 1. The van der Waals surface area contributed by atoms with Gasteiger partial charge in [-0.1, -0.05) is 5.16 Å². The van der Waals surface area contributed by atoms with E-state index in [9.17, 15) is 4.79 Å². The summed E-state index contributed by atoms with van der Waals surface area (Å²) < 4.78 is 6.66. The van der Waals surface area contributed by atoms with Crippen molar-refractivity contribution < 1.29 is 9.32 Å². The van der Waals surface area contributed by atoms with E-state index in [2.05, 4.69) is 49.0 Å². The van der Waals surface area contributed by atoms with Crippen molar-refractivity contribution in [1.82, 2.24) is 5.16 Å². The number of aromatic nitrogens is 1. The molecule has 88 valence electrons. The van der Waals surface area contributed by atoms with E-state index < -0.39 is 0 Å². The van der Waals surface area contributed by atoms with Crippen LogP contribution in [0.25, 0.3) is 0 Å². The largest absolute Gasteiger partial charge is 0.338 e. The molecular formula is C11H8BrIN2O2. The molecule has 1 aromatic carbocycles. The van der Waals surface area contributed by atoms with Crippen molar-refractivity contribution >= 4 is 50.3 Å². The molecule has 0 atom stereocenters. The lowest BCUT2D eigenvalue weighted by Gasteiger charge is -2.04. The van der Waals surface area contributed by atoms with Gasteiger partial charge in [-0.25, -0.2) is 0 Å². The average Bonchev–Trinajstić information content (AvgIpc) is 2.67. The summed E-state index contributed by atoms with van der Waals surface area (Å²) in [5.74, 6) is 0.116. The molecule has 2 rings (SSSR count). The number of benzene rings is 1. The van der Waals surface area contributed by atoms with Gasteiger partial charge in [0.25, 0.3) is 5.91 Å². The fourth-order valence-corrected chi connectivity index (χ4v) is 2.19. The first-order valence-corrected chi connectivity index (χ1v) is 6.63. The molecule has 0 aliphatic rings. The third-order valence-electron chi connectivity index (χ3n) is 2.04. The zero-order chi connectivity index (χ0) is 12.4. The molecule has 17 heavy (non-hydrogen) atoms. The molecule has 4 nitrogen and oxygen atoms in total. The standard InChI is InChI=1S/C11H8BrIN2O2/c1-6-4-10(17-15-6)14-11(16)8-5-7(13)2-3-9(8)12/h2-5H,1H3,(H,14,16). The predicted octanol–water partition coefficient (Wildman–Crippen LogP) is 3.60. The maximum absolute atomic E-state index is 12.0. The van der Waals surface area contributed by atoms with Crippen molar-refractivity contribution in [3.8, 4) is 0 Å². The lowest BCUT2D eigenvalue weighted by Crippen LogP contribution is -2.12. The lowest BCUT2D eigenvalue weighted by atomic mass is 10.2. The van der Waals surface area contributed by atoms with Crippen molar-refractivity contribution in [1.29, 1.82) is 0 Å². The Hall–Kier alpha value is -0.890. The second-order valence-corrected chi connectivity index (χ2v) is 5.51. The van der Waals surface area contributed by atoms with Crippen LogP contribution in [0.2, 0.25) is 0 Å². The smallest absolute Gasteiger partial charge is 0.259 e. The molecule has 0 radical (unpaired) electrons. The van der Waals surface area contributed by atoms with Crippen molar-refractivity contribution in [3.05, 3.63) is 43.6 Å². The molecule has 6 heteroatoms. The highest BCUT2D eigenvalue weighted by molar-refractivity contribution is 14.1. The first kappa shape index (κ1) is 12.6. The highest BCUT2D eigenvalue weighted by Crippen LogP contribution is 2.21. The molecule has 1 aromatic heterocycles. The number of carbonyl (C=O) groups is 1. The number of anilines is 1. The van der Waals surface area contributed by atoms with Crippen LogP contribution in [-0.4, -0.2) is 11.1 Å². The zero-order valence-electron chi connectivity index (χ0n) is 8.83. The summed E-state index contributed by atoms with van der Waals surface area (Å²) in [5.41, 5.74) is 1.29. The number of hydrogen-bond acceptors (Lipinski definition) is 3. The normalized spacial score (nSPS) is 10.3. The van der Waals surface area contributed by atoms with Gasteiger partial charge in [-0.2, -0.15) is 0 Å². The van der Waals surface area contributed by atoms with Crippen molar-refractivity contribution in [2.24, 2.45) is 0 Å². The van der Waals surface area contributed by atoms with E-state index in [1.807, 2.05) is 12.1 Å².